The lowest BCUT2D eigenvalue weighted by molar-refractivity contribution is 0.412. The molecule has 0 fully saturated rings. The summed E-state index contributed by atoms with van der Waals surface area (Å²) >= 11 is 0. The first-order valence-corrected chi connectivity index (χ1v) is 19.7. The summed E-state index contributed by atoms with van der Waals surface area (Å²) < 4.78 is 0. The third-order valence-corrected chi connectivity index (χ3v) is 9.74. The lowest BCUT2D eigenvalue weighted by atomic mass is 9.94. The van der Waals surface area contributed by atoms with E-state index in [-0.39, 0.29) is 0 Å². The molecule has 0 aliphatic rings. The maximum Gasteiger partial charge on any atom is -0.0443 e. The van der Waals surface area contributed by atoms with Crippen molar-refractivity contribution in [2.24, 2.45) is 11.8 Å². The van der Waals surface area contributed by atoms with Gasteiger partial charge < -0.3 is 0 Å². The Hall–Kier alpha value is 0. The lowest BCUT2D eigenvalue weighted by Gasteiger charge is -2.12. The Kier molecular flexibility index (Phi) is 35.2. The van der Waals surface area contributed by atoms with Crippen LogP contribution in [0.5, 0.6) is 0 Å². The normalized spacial score (nSPS) is 13.2. The van der Waals surface area contributed by atoms with Gasteiger partial charge in [-0.1, -0.05) is 246 Å². The van der Waals surface area contributed by atoms with Gasteiger partial charge in [0.1, 0.15) is 0 Å². The molecule has 0 amide bonds. The van der Waals surface area contributed by atoms with Crippen LogP contribution < -0.4 is 0 Å². The fourth-order valence-corrected chi connectivity index (χ4v) is 6.65. The number of rotatable bonds is 35. The van der Waals surface area contributed by atoms with E-state index in [4.69, 9.17) is 0 Å². The Morgan fingerprint density at radius 3 is 0.550 bits per heavy atom. The van der Waals surface area contributed by atoms with Crippen LogP contribution in [0.1, 0.15) is 246 Å². The molecule has 0 saturated heterocycles. The smallest absolute Gasteiger partial charge is 0.0443 e. The summed E-state index contributed by atoms with van der Waals surface area (Å²) in [5, 5.41) is 0. The second-order valence-corrected chi connectivity index (χ2v) is 14.3. The van der Waals surface area contributed by atoms with E-state index < -0.39 is 0 Å². The Morgan fingerprint density at radius 2 is 0.375 bits per heavy atom. The number of hydrogen-bond donors (Lipinski definition) is 0. The SMILES string of the molecule is CCCCCCCCCCCCCCCCCCCC(C)CCCCCCC(C)CCCCCCCCCCC. The maximum absolute atomic E-state index is 2.51. The highest BCUT2D eigenvalue weighted by Crippen LogP contribution is 2.21. The summed E-state index contributed by atoms with van der Waals surface area (Å²) in [5.74, 6) is 1.92. The number of hydrogen-bond acceptors (Lipinski definition) is 0. The number of unbranched alkanes of at least 4 members (excludes halogenated alkanes) is 27. The fourth-order valence-electron chi connectivity index (χ4n) is 6.65. The van der Waals surface area contributed by atoms with Gasteiger partial charge in [-0.15, -0.1) is 0 Å². The van der Waals surface area contributed by atoms with Gasteiger partial charge in [0.05, 0.1) is 0 Å². The summed E-state index contributed by atoms with van der Waals surface area (Å²) in [5.41, 5.74) is 0. The van der Waals surface area contributed by atoms with Gasteiger partial charge in [0, 0.05) is 0 Å². The van der Waals surface area contributed by atoms with E-state index in [2.05, 4.69) is 27.7 Å². The Balaban J connectivity index is 3.23. The molecule has 0 aromatic rings. The van der Waals surface area contributed by atoms with Crippen LogP contribution in [0, 0.1) is 11.8 Å². The van der Waals surface area contributed by atoms with Crippen molar-refractivity contribution in [1.29, 1.82) is 0 Å². The van der Waals surface area contributed by atoms with E-state index in [0.29, 0.717) is 0 Å². The molecule has 40 heavy (non-hydrogen) atoms. The van der Waals surface area contributed by atoms with E-state index in [0.717, 1.165) is 11.8 Å². The first-order chi connectivity index (χ1) is 19.7. The van der Waals surface area contributed by atoms with Crippen molar-refractivity contribution in [3.63, 3.8) is 0 Å². The molecule has 0 bridgehead atoms. The van der Waals surface area contributed by atoms with Crippen LogP contribution in [0.2, 0.25) is 0 Å². The zero-order chi connectivity index (χ0) is 29.2. The zero-order valence-electron chi connectivity index (χ0n) is 29.2. The summed E-state index contributed by atoms with van der Waals surface area (Å²) in [6, 6.07) is 0. The average Bonchev–Trinajstić information content (AvgIpc) is 2.95. The molecule has 0 radical (unpaired) electrons. The molecule has 0 nitrogen and oxygen atoms in total. The van der Waals surface area contributed by atoms with Crippen LogP contribution in [0.3, 0.4) is 0 Å². The largest absolute Gasteiger partial charge is 0.0654 e. The molecule has 2 atom stereocenters. The standard InChI is InChI=1S/C40H82/c1-5-7-9-11-13-15-16-17-18-19-20-21-22-24-26-28-32-36-40(4)38-34-30-29-33-37-39(3)35-31-27-25-23-14-12-10-8-6-2/h39-40H,5-38H2,1-4H3. The van der Waals surface area contributed by atoms with Gasteiger partial charge in [-0.2, -0.15) is 0 Å². The molecule has 242 valence electrons. The zero-order valence-corrected chi connectivity index (χ0v) is 29.2. The van der Waals surface area contributed by atoms with Crippen LogP contribution in [0.15, 0.2) is 0 Å². The topological polar surface area (TPSA) is 0 Å². The van der Waals surface area contributed by atoms with Gasteiger partial charge in [-0.25, -0.2) is 0 Å². The van der Waals surface area contributed by atoms with Gasteiger partial charge in [0.2, 0.25) is 0 Å². The third kappa shape index (κ3) is 34.2. The minimum Gasteiger partial charge on any atom is -0.0654 e. The predicted octanol–water partition coefficient (Wildman–Crippen LogP) is 15.6. The molecule has 0 aliphatic carbocycles. The first-order valence-electron chi connectivity index (χ1n) is 19.7. The Bertz CT molecular complexity index is 426. The molecule has 0 heteroatoms. The van der Waals surface area contributed by atoms with Crippen LogP contribution in [0.4, 0.5) is 0 Å². The fraction of sp³-hybridized carbons (Fsp3) is 1.00. The van der Waals surface area contributed by atoms with E-state index in [1.165, 1.54) is 218 Å². The molecule has 0 saturated carbocycles. The summed E-state index contributed by atoms with van der Waals surface area (Å²) in [6.07, 6.45) is 50.1. The van der Waals surface area contributed by atoms with Gasteiger partial charge >= 0.3 is 0 Å². The minimum absolute atomic E-state index is 0.960. The molecule has 0 N–H and O–H groups in total. The molecule has 0 aromatic carbocycles. The average molecular weight is 563 g/mol. The molecule has 2 unspecified atom stereocenters. The van der Waals surface area contributed by atoms with Gasteiger partial charge in [-0.3, -0.25) is 0 Å². The van der Waals surface area contributed by atoms with Crippen molar-refractivity contribution in [3.8, 4) is 0 Å². The molecule has 0 aromatic heterocycles. The van der Waals surface area contributed by atoms with E-state index in [1.807, 2.05) is 0 Å². The Labute approximate surface area is 257 Å². The van der Waals surface area contributed by atoms with E-state index >= 15 is 0 Å². The van der Waals surface area contributed by atoms with Crippen molar-refractivity contribution >= 4 is 0 Å². The van der Waals surface area contributed by atoms with Crippen molar-refractivity contribution in [1.82, 2.24) is 0 Å². The van der Waals surface area contributed by atoms with Crippen LogP contribution >= 0.6 is 0 Å². The van der Waals surface area contributed by atoms with Crippen LogP contribution in [0.25, 0.3) is 0 Å². The van der Waals surface area contributed by atoms with E-state index in [9.17, 15) is 0 Å². The van der Waals surface area contributed by atoms with Crippen molar-refractivity contribution in [2.75, 3.05) is 0 Å². The van der Waals surface area contributed by atoms with Crippen LogP contribution in [-0.4, -0.2) is 0 Å². The van der Waals surface area contributed by atoms with Crippen LogP contribution in [-0.2, 0) is 0 Å². The lowest BCUT2D eigenvalue weighted by Crippen LogP contribution is -1.97. The summed E-state index contributed by atoms with van der Waals surface area (Å²) in [6.45, 7) is 9.64. The highest BCUT2D eigenvalue weighted by Gasteiger charge is 2.05. The van der Waals surface area contributed by atoms with Gasteiger partial charge in [0.25, 0.3) is 0 Å². The van der Waals surface area contributed by atoms with Crippen molar-refractivity contribution in [3.05, 3.63) is 0 Å². The molecular weight excluding hydrogens is 480 g/mol. The second-order valence-electron chi connectivity index (χ2n) is 14.3. The molecule has 0 rings (SSSR count). The van der Waals surface area contributed by atoms with E-state index in [1.54, 1.807) is 0 Å². The van der Waals surface area contributed by atoms with Crippen molar-refractivity contribution < 1.29 is 0 Å². The highest BCUT2D eigenvalue weighted by molar-refractivity contribution is 4.58. The van der Waals surface area contributed by atoms with Crippen molar-refractivity contribution in [2.45, 2.75) is 246 Å². The summed E-state index contributed by atoms with van der Waals surface area (Å²) in [7, 11) is 0. The highest BCUT2D eigenvalue weighted by atomic mass is 14.1. The quantitative estimate of drug-likeness (QED) is 0.0674. The maximum atomic E-state index is 2.51. The molecule has 0 aliphatic heterocycles. The van der Waals surface area contributed by atoms with Gasteiger partial charge in [0.15, 0.2) is 0 Å². The predicted molar refractivity (Wildman–Crippen MR) is 187 cm³/mol. The third-order valence-electron chi connectivity index (χ3n) is 9.74. The molecule has 0 spiro atoms. The Morgan fingerprint density at radius 1 is 0.225 bits per heavy atom. The second kappa shape index (κ2) is 35.2. The first kappa shape index (κ1) is 40.0. The minimum atomic E-state index is 0.960. The van der Waals surface area contributed by atoms with Gasteiger partial charge in [-0.05, 0) is 11.8 Å². The summed E-state index contributed by atoms with van der Waals surface area (Å²) in [4.78, 5) is 0. The molecular formula is C40H82. The monoisotopic (exact) mass is 563 g/mol. The molecule has 0 heterocycles.